The third-order valence-electron chi connectivity index (χ3n) is 4.45. The van der Waals surface area contributed by atoms with Crippen molar-refractivity contribution in [3.63, 3.8) is 0 Å². The Morgan fingerprint density at radius 1 is 1.23 bits per heavy atom. The van der Waals surface area contributed by atoms with Crippen molar-refractivity contribution in [1.82, 2.24) is 10.2 Å². The molecule has 1 heterocycles. The lowest BCUT2D eigenvalue weighted by atomic mass is 10.0. The predicted octanol–water partition coefficient (Wildman–Crippen LogP) is 2.96. The van der Waals surface area contributed by atoms with E-state index in [2.05, 4.69) is 10.6 Å². The molecule has 1 atom stereocenters. The SMILES string of the molecule is CCC(=O)Nc1cccc(C(=O)N2CCNCC2c2cccc(F)c2)c1. The maximum absolute atomic E-state index is 13.6. The first-order valence-corrected chi connectivity index (χ1v) is 8.75. The smallest absolute Gasteiger partial charge is 0.254 e. The van der Waals surface area contributed by atoms with E-state index < -0.39 is 0 Å². The summed E-state index contributed by atoms with van der Waals surface area (Å²) in [5.41, 5.74) is 1.86. The highest BCUT2D eigenvalue weighted by Crippen LogP contribution is 2.25. The minimum absolute atomic E-state index is 0.102. The molecule has 0 saturated carbocycles. The fourth-order valence-corrected chi connectivity index (χ4v) is 3.10. The fraction of sp³-hybridized carbons (Fsp3) is 0.300. The Labute approximate surface area is 152 Å². The van der Waals surface area contributed by atoms with Crippen LogP contribution in [0.4, 0.5) is 10.1 Å². The minimum Gasteiger partial charge on any atom is -0.329 e. The molecule has 1 unspecified atom stereocenters. The van der Waals surface area contributed by atoms with Crippen molar-refractivity contribution < 1.29 is 14.0 Å². The average molecular weight is 355 g/mol. The van der Waals surface area contributed by atoms with Crippen molar-refractivity contribution >= 4 is 17.5 Å². The van der Waals surface area contributed by atoms with Gasteiger partial charge < -0.3 is 15.5 Å². The van der Waals surface area contributed by atoms with Crippen molar-refractivity contribution in [2.75, 3.05) is 25.0 Å². The van der Waals surface area contributed by atoms with E-state index in [9.17, 15) is 14.0 Å². The van der Waals surface area contributed by atoms with Crippen LogP contribution in [0.25, 0.3) is 0 Å². The molecule has 0 bridgehead atoms. The number of rotatable bonds is 4. The van der Waals surface area contributed by atoms with E-state index in [-0.39, 0.29) is 23.7 Å². The summed E-state index contributed by atoms with van der Waals surface area (Å²) < 4.78 is 13.6. The van der Waals surface area contributed by atoms with E-state index >= 15 is 0 Å². The number of carbonyl (C=O) groups excluding carboxylic acids is 2. The van der Waals surface area contributed by atoms with Crippen LogP contribution >= 0.6 is 0 Å². The molecule has 2 aromatic rings. The Morgan fingerprint density at radius 3 is 2.81 bits per heavy atom. The number of halogens is 1. The van der Waals surface area contributed by atoms with Crippen LogP contribution in [-0.4, -0.2) is 36.3 Å². The van der Waals surface area contributed by atoms with Gasteiger partial charge >= 0.3 is 0 Å². The molecule has 0 spiro atoms. The molecule has 3 rings (SSSR count). The molecule has 1 aliphatic heterocycles. The van der Waals surface area contributed by atoms with Crippen LogP contribution in [-0.2, 0) is 4.79 Å². The van der Waals surface area contributed by atoms with Crippen LogP contribution in [0, 0.1) is 5.82 Å². The number of piperazine rings is 1. The van der Waals surface area contributed by atoms with Crippen LogP contribution in [0.15, 0.2) is 48.5 Å². The van der Waals surface area contributed by atoms with Crippen molar-refractivity contribution in [1.29, 1.82) is 0 Å². The Morgan fingerprint density at radius 2 is 2.04 bits per heavy atom. The molecule has 2 aromatic carbocycles. The Hall–Kier alpha value is -2.73. The summed E-state index contributed by atoms with van der Waals surface area (Å²) in [5, 5.41) is 6.03. The lowest BCUT2D eigenvalue weighted by Gasteiger charge is -2.36. The number of benzene rings is 2. The van der Waals surface area contributed by atoms with E-state index in [1.54, 1.807) is 42.2 Å². The van der Waals surface area contributed by atoms with E-state index in [0.29, 0.717) is 37.3 Å². The molecule has 0 radical (unpaired) electrons. The number of amides is 2. The van der Waals surface area contributed by atoms with Crippen LogP contribution < -0.4 is 10.6 Å². The molecule has 6 heteroatoms. The normalized spacial score (nSPS) is 17.0. The van der Waals surface area contributed by atoms with Gasteiger partial charge in [-0.25, -0.2) is 4.39 Å². The summed E-state index contributed by atoms with van der Waals surface area (Å²) in [5.74, 6) is -0.549. The second-order valence-corrected chi connectivity index (χ2v) is 6.26. The summed E-state index contributed by atoms with van der Waals surface area (Å²) in [6.07, 6.45) is 0.373. The zero-order valence-corrected chi connectivity index (χ0v) is 14.7. The lowest BCUT2D eigenvalue weighted by Crippen LogP contribution is -2.48. The second-order valence-electron chi connectivity index (χ2n) is 6.26. The van der Waals surface area contributed by atoms with E-state index in [0.717, 1.165) is 5.56 Å². The summed E-state index contributed by atoms with van der Waals surface area (Å²) in [6.45, 7) is 3.56. The zero-order valence-electron chi connectivity index (χ0n) is 14.7. The Kier molecular flexibility index (Phi) is 5.63. The lowest BCUT2D eigenvalue weighted by molar-refractivity contribution is -0.115. The van der Waals surface area contributed by atoms with Gasteiger partial charge in [0.1, 0.15) is 5.82 Å². The van der Waals surface area contributed by atoms with Crippen LogP contribution in [0.1, 0.15) is 35.3 Å². The predicted molar refractivity (Wildman–Crippen MR) is 98.4 cm³/mol. The van der Waals surface area contributed by atoms with Gasteiger partial charge in [-0.3, -0.25) is 9.59 Å². The van der Waals surface area contributed by atoms with Gasteiger partial charge in [-0.1, -0.05) is 25.1 Å². The van der Waals surface area contributed by atoms with Gasteiger partial charge in [0.2, 0.25) is 5.91 Å². The van der Waals surface area contributed by atoms with E-state index in [1.807, 2.05) is 6.07 Å². The molecule has 1 fully saturated rings. The van der Waals surface area contributed by atoms with Crippen LogP contribution in [0.2, 0.25) is 0 Å². The number of nitrogens with one attached hydrogen (secondary N) is 2. The standard InChI is InChI=1S/C20H22FN3O2/c1-2-19(25)23-17-8-4-6-15(12-17)20(26)24-10-9-22-13-18(24)14-5-3-7-16(21)11-14/h3-8,11-12,18,22H,2,9-10,13H2,1H3,(H,23,25). The number of hydrogen-bond donors (Lipinski definition) is 2. The van der Waals surface area contributed by atoms with Crippen LogP contribution in [0.5, 0.6) is 0 Å². The molecule has 2 amide bonds. The molecule has 26 heavy (non-hydrogen) atoms. The molecule has 5 nitrogen and oxygen atoms in total. The van der Waals surface area contributed by atoms with Crippen molar-refractivity contribution in [3.05, 3.63) is 65.5 Å². The maximum Gasteiger partial charge on any atom is 0.254 e. The third-order valence-corrected chi connectivity index (χ3v) is 4.45. The number of anilines is 1. The third kappa shape index (κ3) is 4.08. The van der Waals surface area contributed by atoms with E-state index in [4.69, 9.17) is 0 Å². The topological polar surface area (TPSA) is 61.4 Å². The minimum atomic E-state index is -0.315. The van der Waals surface area contributed by atoms with Gasteiger partial charge in [-0.05, 0) is 35.9 Å². The fourth-order valence-electron chi connectivity index (χ4n) is 3.10. The molecule has 1 aliphatic rings. The highest BCUT2D eigenvalue weighted by atomic mass is 19.1. The first-order chi connectivity index (χ1) is 12.6. The monoisotopic (exact) mass is 355 g/mol. The van der Waals surface area contributed by atoms with Crippen molar-refractivity contribution in [2.24, 2.45) is 0 Å². The average Bonchev–Trinajstić information content (AvgIpc) is 2.67. The zero-order chi connectivity index (χ0) is 18.5. The molecule has 136 valence electrons. The number of hydrogen-bond acceptors (Lipinski definition) is 3. The Bertz CT molecular complexity index is 809. The summed E-state index contributed by atoms with van der Waals surface area (Å²) >= 11 is 0. The highest BCUT2D eigenvalue weighted by Gasteiger charge is 2.29. The summed E-state index contributed by atoms with van der Waals surface area (Å²) in [4.78, 5) is 26.4. The van der Waals surface area contributed by atoms with Crippen LogP contribution in [0.3, 0.4) is 0 Å². The number of nitrogens with zero attached hydrogens (tertiary/aromatic N) is 1. The molecule has 0 aliphatic carbocycles. The maximum atomic E-state index is 13.6. The molecule has 2 N–H and O–H groups in total. The van der Waals surface area contributed by atoms with Gasteiger partial charge in [0, 0.05) is 37.3 Å². The number of carbonyl (C=O) groups is 2. The summed E-state index contributed by atoms with van der Waals surface area (Å²) in [6, 6.07) is 13.0. The van der Waals surface area contributed by atoms with Gasteiger partial charge in [-0.2, -0.15) is 0 Å². The van der Waals surface area contributed by atoms with Gasteiger partial charge in [-0.15, -0.1) is 0 Å². The largest absolute Gasteiger partial charge is 0.329 e. The van der Waals surface area contributed by atoms with Gasteiger partial charge in [0.25, 0.3) is 5.91 Å². The molecule has 0 aromatic heterocycles. The quantitative estimate of drug-likeness (QED) is 0.886. The van der Waals surface area contributed by atoms with E-state index in [1.165, 1.54) is 12.1 Å². The first kappa shape index (κ1) is 18.1. The first-order valence-electron chi connectivity index (χ1n) is 8.75. The van der Waals surface area contributed by atoms with Gasteiger partial charge in [0.15, 0.2) is 0 Å². The second kappa shape index (κ2) is 8.10. The van der Waals surface area contributed by atoms with Gasteiger partial charge in [0.05, 0.1) is 6.04 Å². The molecular weight excluding hydrogens is 333 g/mol. The molecule has 1 saturated heterocycles. The summed E-state index contributed by atoms with van der Waals surface area (Å²) in [7, 11) is 0. The molecular formula is C20H22FN3O2. The Balaban J connectivity index is 1.85. The van der Waals surface area contributed by atoms with Crippen molar-refractivity contribution in [2.45, 2.75) is 19.4 Å². The highest BCUT2D eigenvalue weighted by molar-refractivity contribution is 5.97. The van der Waals surface area contributed by atoms with Crippen molar-refractivity contribution in [3.8, 4) is 0 Å².